The molecule has 2 N–H and O–H groups in total. The van der Waals surface area contributed by atoms with Crippen molar-refractivity contribution in [3.05, 3.63) is 54.4 Å². The molecule has 0 saturated carbocycles. The second kappa shape index (κ2) is 7.23. The van der Waals surface area contributed by atoms with E-state index in [9.17, 15) is 8.42 Å². The van der Waals surface area contributed by atoms with Crippen LogP contribution in [-0.2, 0) is 23.0 Å². The van der Waals surface area contributed by atoms with Gasteiger partial charge in [0, 0.05) is 24.1 Å². The quantitative estimate of drug-likeness (QED) is 0.521. The molecule has 0 radical (unpaired) electrons. The minimum absolute atomic E-state index is 0.0144. The number of imidazole rings is 2. The van der Waals surface area contributed by atoms with Crippen molar-refractivity contribution in [1.29, 1.82) is 0 Å². The molecule has 0 amide bonds. The van der Waals surface area contributed by atoms with Gasteiger partial charge in [-0.15, -0.1) is 0 Å². The van der Waals surface area contributed by atoms with Gasteiger partial charge in [-0.3, -0.25) is 0 Å². The first-order valence-electron chi connectivity index (χ1n) is 10.6. The first-order chi connectivity index (χ1) is 14.9. The highest BCUT2D eigenvalue weighted by Gasteiger charge is 2.26. The molecule has 7 nitrogen and oxygen atoms in total. The van der Waals surface area contributed by atoms with E-state index in [1.165, 1.54) is 3.97 Å². The summed E-state index contributed by atoms with van der Waals surface area (Å²) in [7, 11) is -3.65. The number of aryl methyl sites for hydroxylation is 1. The minimum Gasteiger partial charge on any atom is -0.368 e. The Kier molecular flexibility index (Phi) is 4.62. The Hall–Kier alpha value is -3.13. The lowest BCUT2D eigenvalue weighted by molar-refractivity contribution is 0.526. The highest BCUT2D eigenvalue weighted by atomic mass is 32.2. The Balaban J connectivity index is 1.78. The second-order valence-electron chi connectivity index (χ2n) is 8.23. The predicted molar refractivity (Wildman–Crippen MR) is 123 cm³/mol. The Morgan fingerprint density at radius 3 is 2.52 bits per heavy atom. The summed E-state index contributed by atoms with van der Waals surface area (Å²) >= 11 is 0. The lowest BCUT2D eigenvalue weighted by atomic mass is 10.0. The molecule has 1 aliphatic heterocycles. The lowest BCUT2D eigenvalue weighted by Crippen LogP contribution is -2.23. The number of nitrogen functional groups attached to an aromatic ring is 1. The maximum absolute atomic E-state index is 13.0. The number of anilines is 1. The van der Waals surface area contributed by atoms with Crippen LogP contribution in [0, 0.1) is 0 Å². The standard InChI is InChI=1S/C23H25N5O2S/c1-15(2)31(29,30)28-19-14-17(11-12-18(19)25-23(28)24)22-21(16-8-4-3-5-9-16)26-20-10-6-7-13-27(20)22/h3-5,8-9,11-12,14-15H,6-7,10,13H2,1-2H3,(H2,24,25). The fourth-order valence-corrected chi connectivity index (χ4v) is 5.42. The van der Waals surface area contributed by atoms with Gasteiger partial charge in [0.25, 0.3) is 0 Å². The maximum atomic E-state index is 13.0. The van der Waals surface area contributed by atoms with Gasteiger partial charge in [0.05, 0.1) is 27.7 Å². The fraction of sp³-hybridized carbons (Fsp3) is 0.304. The summed E-state index contributed by atoms with van der Waals surface area (Å²) in [6.07, 6.45) is 3.16. The topological polar surface area (TPSA) is 95.8 Å². The van der Waals surface area contributed by atoms with E-state index in [-0.39, 0.29) is 5.95 Å². The van der Waals surface area contributed by atoms with E-state index >= 15 is 0 Å². The summed E-state index contributed by atoms with van der Waals surface area (Å²) in [5.74, 6) is 1.06. The molecule has 1 aliphatic rings. The van der Waals surface area contributed by atoms with Gasteiger partial charge in [-0.25, -0.2) is 22.4 Å². The van der Waals surface area contributed by atoms with Crippen molar-refractivity contribution in [2.45, 2.75) is 44.9 Å². The van der Waals surface area contributed by atoms with E-state index in [1.807, 2.05) is 36.4 Å². The third-order valence-electron chi connectivity index (χ3n) is 5.89. The number of benzene rings is 2. The third kappa shape index (κ3) is 3.13. The summed E-state index contributed by atoms with van der Waals surface area (Å²) in [5, 5.41) is -0.613. The molecule has 0 atom stereocenters. The van der Waals surface area contributed by atoms with Crippen molar-refractivity contribution in [2.24, 2.45) is 0 Å². The van der Waals surface area contributed by atoms with Crippen LogP contribution in [-0.4, -0.2) is 32.2 Å². The molecule has 4 aromatic rings. The molecule has 0 spiro atoms. The molecule has 2 aromatic heterocycles. The largest absolute Gasteiger partial charge is 0.368 e. The average molecular weight is 436 g/mol. The molecule has 160 valence electrons. The summed E-state index contributed by atoms with van der Waals surface area (Å²) < 4.78 is 29.4. The van der Waals surface area contributed by atoms with E-state index in [0.717, 1.165) is 54.1 Å². The van der Waals surface area contributed by atoms with Gasteiger partial charge in [0.1, 0.15) is 5.82 Å². The molecule has 2 aromatic carbocycles. The lowest BCUT2D eigenvalue weighted by Gasteiger charge is -2.17. The van der Waals surface area contributed by atoms with Crippen LogP contribution in [0.15, 0.2) is 48.5 Å². The predicted octanol–water partition coefficient (Wildman–Crippen LogP) is 4.07. The molecule has 0 unspecified atom stereocenters. The molecular weight excluding hydrogens is 410 g/mol. The Bertz CT molecular complexity index is 1380. The van der Waals surface area contributed by atoms with Crippen LogP contribution in [0.1, 0.15) is 32.5 Å². The van der Waals surface area contributed by atoms with Gasteiger partial charge in [-0.2, -0.15) is 0 Å². The van der Waals surface area contributed by atoms with Crippen LogP contribution in [0.3, 0.4) is 0 Å². The van der Waals surface area contributed by atoms with Gasteiger partial charge in [-0.1, -0.05) is 36.4 Å². The molecule has 5 rings (SSSR count). The molecule has 0 fully saturated rings. The van der Waals surface area contributed by atoms with Gasteiger partial charge in [0.15, 0.2) is 0 Å². The van der Waals surface area contributed by atoms with E-state index < -0.39 is 15.3 Å². The minimum atomic E-state index is -3.65. The van der Waals surface area contributed by atoms with E-state index in [4.69, 9.17) is 10.7 Å². The van der Waals surface area contributed by atoms with Gasteiger partial charge >= 0.3 is 0 Å². The number of rotatable bonds is 4. The summed E-state index contributed by atoms with van der Waals surface area (Å²) in [6.45, 7) is 4.19. The number of nitrogens with zero attached hydrogens (tertiary/aromatic N) is 4. The molecule has 0 bridgehead atoms. The van der Waals surface area contributed by atoms with E-state index in [1.54, 1.807) is 13.8 Å². The zero-order valence-corrected chi connectivity index (χ0v) is 18.4. The van der Waals surface area contributed by atoms with Crippen LogP contribution in [0.5, 0.6) is 0 Å². The van der Waals surface area contributed by atoms with Crippen LogP contribution in [0.4, 0.5) is 5.95 Å². The van der Waals surface area contributed by atoms with Gasteiger partial charge < -0.3 is 10.3 Å². The Morgan fingerprint density at radius 2 is 1.77 bits per heavy atom. The number of fused-ring (bicyclic) bond motifs is 2. The molecule has 8 heteroatoms. The number of nitrogens with two attached hydrogens (primary N) is 1. The number of hydrogen-bond donors (Lipinski definition) is 1. The Labute approximate surface area is 181 Å². The highest BCUT2D eigenvalue weighted by molar-refractivity contribution is 7.90. The zero-order chi connectivity index (χ0) is 21.8. The SMILES string of the molecule is CC(C)S(=O)(=O)n1c(N)nc2ccc(-c3c(-c4ccccc4)nc4n3CCCC4)cc21. The van der Waals surface area contributed by atoms with Crippen molar-refractivity contribution in [2.75, 3.05) is 5.73 Å². The van der Waals surface area contributed by atoms with E-state index in [0.29, 0.717) is 11.0 Å². The molecular formula is C23H25N5O2S. The monoisotopic (exact) mass is 435 g/mol. The second-order valence-corrected chi connectivity index (χ2v) is 10.6. The molecule has 0 saturated heterocycles. The molecule has 3 heterocycles. The smallest absolute Gasteiger partial charge is 0.244 e. The molecule has 0 aliphatic carbocycles. The van der Waals surface area contributed by atoms with Crippen LogP contribution in [0.25, 0.3) is 33.5 Å². The van der Waals surface area contributed by atoms with Gasteiger partial charge in [0.2, 0.25) is 16.0 Å². The summed E-state index contributed by atoms with van der Waals surface area (Å²) in [6, 6.07) is 15.8. The summed E-state index contributed by atoms with van der Waals surface area (Å²) in [5.41, 5.74) is 11.0. The van der Waals surface area contributed by atoms with Crippen molar-refractivity contribution >= 4 is 27.0 Å². The van der Waals surface area contributed by atoms with Crippen molar-refractivity contribution in [3.8, 4) is 22.5 Å². The maximum Gasteiger partial charge on any atom is 0.244 e. The van der Waals surface area contributed by atoms with E-state index in [2.05, 4.69) is 21.7 Å². The van der Waals surface area contributed by atoms with Crippen molar-refractivity contribution in [3.63, 3.8) is 0 Å². The fourth-order valence-electron chi connectivity index (χ4n) is 4.27. The van der Waals surface area contributed by atoms with Crippen LogP contribution >= 0.6 is 0 Å². The zero-order valence-electron chi connectivity index (χ0n) is 17.6. The number of hydrogen-bond acceptors (Lipinski definition) is 5. The van der Waals surface area contributed by atoms with Gasteiger partial charge in [-0.05, 0) is 38.8 Å². The van der Waals surface area contributed by atoms with Crippen LogP contribution in [0.2, 0.25) is 0 Å². The highest BCUT2D eigenvalue weighted by Crippen LogP contribution is 2.37. The Morgan fingerprint density at radius 1 is 1.00 bits per heavy atom. The normalized spacial score (nSPS) is 14.3. The first kappa shape index (κ1) is 19.8. The molecule has 31 heavy (non-hydrogen) atoms. The third-order valence-corrected chi connectivity index (χ3v) is 7.97. The number of aromatic nitrogens is 4. The average Bonchev–Trinajstić information content (AvgIpc) is 3.31. The van der Waals surface area contributed by atoms with Crippen molar-refractivity contribution < 1.29 is 8.42 Å². The van der Waals surface area contributed by atoms with Crippen LogP contribution < -0.4 is 5.73 Å². The summed E-state index contributed by atoms with van der Waals surface area (Å²) in [4.78, 5) is 9.27. The van der Waals surface area contributed by atoms with Crippen molar-refractivity contribution in [1.82, 2.24) is 18.5 Å². The first-order valence-corrected chi connectivity index (χ1v) is 12.1.